The minimum Gasteiger partial charge on any atom is -0.399 e. The number of hydrogen-bond donors (Lipinski definition) is 1. The van der Waals surface area contributed by atoms with Gasteiger partial charge in [0.2, 0.25) is 0 Å². The number of piperidine rings is 1. The van der Waals surface area contributed by atoms with Crippen LogP contribution in [-0.2, 0) is 19.3 Å². The third kappa shape index (κ3) is 6.05. The highest BCUT2D eigenvalue weighted by atomic mass is 19.1. The second-order valence-electron chi connectivity index (χ2n) is 10.3. The van der Waals surface area contributed by atoms with Crippen molar-refractivity contribution in [1.82, 2.24) is 4.90 Å². The van der Waals surface area contributed by atoms with Gasteiger partial charge in [-0.05, 0) is 123 Å². The fourth-order valence-electron chi connectivity index (χ4n) is 5.85. The van der Waals surface area contributed by atoms with Crippen molar-refractivity contribution in [1.29, 1.82) is 0 Å². The molecule has 1 atom stereocenters. The molecule has 0 aromatic heterocycles. The van der Waals surface area contributed by atoms with Crippen LogP contribution in [0.4, 0.5) is 15.8 Å². The molecule has 5 rings (SSSR count). The molecule has 0 amide bonds. The molecule has 0 bridgehead atoms. The molecule has 2 heterocycles. The van der Waals surface area contributed by atoms with Crippen molar-refractivity contribution in [3.05, 3.63) is 94.8 Å². The van der Waals surface area contributed by atoms with Gasteiger partial charge in [-0.2, -0.15) is 0 Å². The van der Waals surface area contributed by atoms with Crippen LogP contribution in [0.15, 0.2) is 66.7 Å². The number of rotatable bonds is 7. The molecule has 4 heteroatoms. The number of halogens is 1. The molecule has 1 saturated heterocycles. The number of nitrogens with zero attached hydrogens (tertiary/aromatic N) is 2. The SMILES string of the molecule is Nc1ccc2c(c1)CCCN(c1ccc(F)cc1)C2Cc1ccc(CCCN2CCCCC2)cc1. The molecule has 35 heavy (non-hydrogen) atoms. The summed E-state index contributed by atoms with van der Waals surface area (Å²) >= 11 is 0. The van der Waals surface area contributed by atoms with Crippen molar-refractivity contribution in [2.24, 2.45) is 0 Å². The fraction of sp³-hybridized carbons (Fsp3) is 0.419. The van der Waals surface area contributed by atoms with E-state index in [2.05, 4.69) is 46.2 Å². The van der Waals surface area contributed by atoms with E-state index in [4.69, 9.17) is 5.73 Å². The van der Waals surface area contributed by atoms with Crippen LogP contribution in [0.1, 0.15) is 60.4 Å². The number of hydrogen-bond acceptors (Lipinski definition) is 3. The molecule has 0 spiro atoms. The summed E-state index contributed by atoms with van der Waals surface area (Å²) < 4.78 is 13.7. The first kappa shape index (κ1) is 23.9. The maximum atomic E-state index is 13.7. The number of aryl methyl sites for hydroxylation is 2. The summed E-state index contributed by atoms with van der Waals surface area (Å²) in [6, 6.07) is 22.8. The van der Waals surface area contributed by atoms with E-state index in [1.807, 2.05) is 18.2 Å². The van der Waals surface area contributed by atoms with Crippen LogP contribution in [0.5, 0.6) is 0 Å². The number of nitrogens with two attached hydrogens (primary N) is 1. The molecule has 1 unspecified atom stereocenters. The average molecular weight is 472 g/mol. The predicted octanol–water partition coefficient (Wildman–Crippen LogP) is 6.56. The van der Waals surface area contributed by atoms with E-state index < -0.39 is 0 Å². The Labute approximate surface area is 209 Å². The van der Waals surface area contributed by atoms with Gasteiger partial charge in [-0.25, -0.2) is 4.39 Å². The van der Waals surface area contributed by atoms with E-state index >= 15 is 0 Å². The molecule has 1 fully saturated rings. The van der Waals surface area contributed by atoms with Gasteiger partial charge in [-0.1, -0.05) is 36.8 Å². The highest BCUT2D eigenvalue weighted by molar-refractivity contribution is 5.54. The standard InChI is InChI=1S/C31H38FN3/c32-27-12-15-29(16-13-27)35-21-5-7-26-23-28(33)14-17-30(26)31(35)22-25-10-8-24(9-11-25)6-4-20-34-18-2-1-3-19-34/h8-17,23,31H,1-7,18-22,33H2. The molecule has 0 saturated carbocycles. The van der Waals surface area contributed by atoms with Crippen LogP contribution in [0.25, 0.3) is 0 Å². The molecule has 0 aliphatic carbocycles. The molecule has 3 nitrogen and oxygen atoms in total. The third-order valence-electron chi connectivity index (χ3n) is 7.75. The third-order valence-corrected chi connectivity index (χ3v) is 7.75. The Morgan fingerprint density at radius 2 is 1.54 bits per heavy atom. The Morgan fingerprint density at radius 1 is 0.800 bits per heavy atom. The van der Waals surface area contributed by atoms with Crippen molar-refractivity contribution in [3.8, 4) is 0 Å². The average Bonchev–Trinajstić information content (AvgIpc) is 3.05. The summed E-state index contributed by atoms with van der Waals surface area (Å²) in [7, 11) is 0. The zero-order valence-electron chi connectivity index (χ0n) is 20.8. The largest absolute Gasteiger partial charge is 0.399 e. The smallest absolute Gasteiger partial charge is 0.123 e. The number of anilines is 2. The van der Waals surface area contributed by atoms with Crippen molar-refractivity contribution < 1.29 is 4.39 Å². The quantitative estimate of drug-likeness (QED) is 0.396. The fourth-order valence-corrected chi connectivity index (χ4v) is 5.85. The Hall–Kier alpha value is -2.85. The van der Waals surface area contributed by atoms with Crippen molar-refractivity contribution >= 4 is 11.4 Å². The van der Waals surface area contributed by atoms with Crippen LogP contribution >= 0.6 is 0 Å². The number of likely N-dealkylation sites (tertiary alicyclic amines) is 1. The second kappa shape index (κ2) is 11.3. The van der Waals surface area contributed by atoms with E-state index in [1.165, 1.54) is 67.6 Å². The lowest BCUT2D eigenvalue weighted by atomic mass is 9.92. The van der Waals surface area contributed by atoms with Crippen LogP contribution in [0.2, 0.25) is 0 Å². The first-order valence-electron chi connectivity index (χ1n) is 13.4. The van der Waals surface area contributed by atoms with Crippen LogP contribution in [0.3, 0.4) is 0 Å². The highest BCUT2D eigenvalue weighted by Gasteiger charge is 2.26. The minimum atomic E-state index is -0.191. The van der Waals surface area contributed by atoms with E-state index in [-0.39, 0.29) is 11.9 Å². The van der Waals surface area contributed by atoms with E-state index in [9.17, 15) is 4.39 Å². The summed E-state index contributed by atoms with van der Waals surface area (Å²) in [5.74, 6) is -0.191. The molecule has 2 aliphatic rings. The lowest BCUT2D eigenvalue weighted by Gasteiger charge is -2.33. The van der Waals surface area contributed by atoms with Crippen molar-refractivity contribution in [2.45, 2.75) is 57.4 Å². The van der Waals surface area contributed by atoms with Crippen LogP contribution in [0, 0.1) is 5.82 Å². The highest BCUT2D eigenvalue weighted by Crippen LogP contribution is 2.36. The van der Waals surface area contributed by atoms with Gasteiger partial charge in [0.05, 0.1) is 6.04 Å². The summed E-state index contributed by atoms with van der Waals surface area (Å²) in [4.78, 5) is 5.08. The number of nitrogen functional groups attached to an aromatic ring is 1. The molecule has 0 radical (unpaired) electrons. The van der Waals surface area contributed by atoms with E-state index in [0.717, 1.165) is 43.6 Å². The van der Waals surface area contributed by atoms with Crippen molar-refractivity contribution in [2.75, 3.05) is 36.8 Å². The summed E-state index contributed by atoms with van der Waals surface area (Å²) in [5, 5.41) is 0. The molecule has 3 aromatic rings. The van der Waals surface area contributed by atoms with Gasteiger partial charge >= 0.3 is 0 Å². The zero-order chi connectivity index (χ0) is 24.0. The molecular weight excluding hydrogens is 433 g/mol. The monoisotopic (exact) mass is 471 g/mol. The van der Waals surface area contributed by atoms with Crippen molar-refractivity contribution in [3.63, 3.8) is 0 Å². The van der Waals surface area contributed by atoms with Gasteiger partial charge in [0.15, 0.2) is 0 Å². The Bertz CT molecular complexity index is 1090. The lowest BCUT2D eigenvalue weighted by Crippen LogP contribution is -2.30. The molecule has 2 N–H and O–H groups in total. The first-order valence-corrected chi connectivity index (χ1v) is 13.4. The second-order valence-corrected chi connectivity index (χ2v) is 10.3. The van der Waals surface area contributed by atoms with E-state index in [1.54, 1.807) is 12.1 Å². The maximum absolute atomic E-state index is 13.7. The Balaban J connectivity index is 1.32. The summed E-state index contributed by atoms with van der Waals surface area (Å²) in [6.07, 6.45) is 9.49. The lowest BCUT2D eigenvalue weighted by molar-refractivity contribution is 0.226. The maximum Gasteiger partial charge on any atom is 0.123 e. The molecular formula is C31H38FN3. The summed E-state index contributed by atoms with van der Waals surface area (Å²) in [6.45, 7) is 4.71. The Morgan fingerprint density at radius 3 is 2.31 bits per heavy atom. The number of benzene rings is 3. The summed E-state index contributed by atoms with van der Waals surface area (Å²) in [5.41, 5.74) is 13.5. The predicted molar refractivity (Wildman–Crippen MR) is 144 cm³/mol. The number of fused-ring (bicyclic) bond motifs is 1. The van der Waals surface area contributed by atoms with Gasteiger partial charge in [0.25, 0.3) is 0 Å². The minimum absolute atomic E-state index is 0.191. The van der Waals surface area contributed by atoms with E-state index in [0.29, 0.717) is 0 Å². The van der Waals surface area contributed by atoms with Gasteiger partial charge in [0, 0.05) is 17.9 Å². The molecule has 2 aliphatic heterocycles. The van der Waals surface area contributed by atoms with Gasteiger partial charge in [-0.3, -0.25) is 0 Å². The zero-order valence-corrected chi connectivity index (χ0v) is 20.8. The Kier molecular flexibility index (Phi) is 7.68. The first-order chi connectivity index (χ1) is 17.2. The molecule has 184 valence electrons. The molecule has 3 aromatic carbocycles. The normalized spacial score (nSPS) is 18.8. The topological polar surface area (TPSA) is 32.5 Å². The van der Waals surface area contributed by atoms with Crippen LogP contribution < -0.4 is 10.6 Å². The van der Waals surface area contributed by atoms with Gasteiger partial charge in [-0.15, -0.1) is 0 Å². The van der Waals surface area contributed by atoms with Crippen LogP contribution in [-0.4, -0.2) is 31.1 Å². The van der Waals surface area contributed by atoms with Gasteiger partial charge < -0.3 is 15.5 Å². The van der Waals surface area contributed by atoms with Gasteiger partial charge in [0.1, 0.15) is 5.82 Å².